The molecule has 0 amide bonds. The van der Waals surface area contributed by atoms with Crippen LogP contribution in [0.4, 0.5) is 0 Å². The smallest absolute Gasteiger partial charge is 0.156 e. The van der Waals surface area contributed by atoms with Crippen LogP contribution >= 0.6 is 11.8 Å². The van der Waals surface area contributed by atoms with Crippen LogP contribution in [0.15, 0.2) is 4.99 Å². The zero-order valence-corrected chi connectivity index (χ0v) is 8.77. The van der Waals surface area contributed by atoms with Crippen molar-refractivity contribution in [2.45, 2.75) is 31.9 Å². The Morgan fingerprint density at radius 3 is 3.23 bits per heavy atom. The van der Waals surface area contributed by atoms with Crippen molar-refractivity contribution in [2.24, 2.45) is 4.99 Å². The molecular formula is C9H16N2OS. The molecule has 0 aliphatic carbocycles. The van der Waals surface area contributed by atoms with Crippen LogP contribution in [-0.4, -0.2) is 36.2 Å². The average Bonchev–Trinajstić information content (AvgIpc) is 2.57. The third kappa shape index (κ3) is 2.61. The van der Waals surface area contributed by atoms with Crippen molar-refractivity contribution < 1.29 is 4.74 Å². The fourth-order valence-corrected chi connectivity index (χ4v) is 2.53. The highest BCUT2D eigenvalue weighted by Crippen LogP contribution is 2.16. The minimum Gasteiger partial charge on any atom is -0.378 e. The van der Waals surface area contributed by atoms with Crippen LogP contribution in [0.5, 0.6) is 0 Å². The minimum absolute atomic E-state index is 0.401. The van der Waals surface area contributed by atoms with E-state index in [0.29, 0.717) is 12.1 Å². The van der Waals surface area contributed by atoms with Crippen molar-refractivity contribution in [3.63, 3.8) is 0 Å². The Balaban J connectivity index is 1.80. The van der Waals surface area contributed by atoms with Gasteiger partial charge in [0.25, 0.3) is 0 Å². The molecule has 0 radical (unpaired) electrons. The summed E-state index contributed by atoms with van der Waals surface area (Å²) in [5.41, 5.74) is 0. The quantitative estimate of drug-likeness (QED) is 0.691. The third-order valence-electron chi connectivity index (χ3n) is 2.40. The lowest BCUT2D eigenvalue weighted by molar-refractivity contribution is 0.0168. The molecule has 0 aromatic rings. The van der Waals surface area contributed by atoms with E-state index in [1.807, 2.05) is 11.8 Å². The number of hydrogen-bond donors (Lipinski definition) is 1. The van der Waals surface area contributed by atoms with Gasteiger partial charge >= 0.3 is 0 Å². The lowest BCUT2D eigenvalue weighted by atomic mass is 10.1. The Hall–Kier alpha value is -0.220. The molecule has 4 heteroatoms. The number of thioether (sulfide) groups is 1. The lowest BCUT2D eigenvalue weighted by Crippen LogP contribution is -2.39. The van der Waals surface area contributed by atoms with Gasteiger partial charge in [0.2, 0.25) is 0 Å². The van der Waals surface area contributed by atoms with Gasteiger partial charge in [-0.3, -0.25) is 4.99 Å². The van der Waals surface area contributed by atoms with Crippen molar-refractivity contribution in [1.82, 2.24) is 5.32 Å². The molecule has 2 aliphatic heterocycles. The van der Waals surface area contributed by atoms with Crippen LogP contribution in [0.2, 0.25) is 0 Å². The van der Waals surface area contributed by atoms with Gasteiger partial charge in [0.05, 0.1) is 12.6 Å². The summed E-state index contributed by atoms with van der Waals surface area (Å²) >= 11 is 1.84. The first-order valence-corrected chi connectivity index (χ1v) is 5.88. The molecule has 2 rings (SSSR count). The summed E-state index contributed by atoms with van der Waals surface area (Å²) < 4.78 is 5.49. The zero-order chi connectivity index (χ0) is 9.10. The monoisotopic (exact) mass is 200 g/mol. The van der Waals surface area contributed by atoms with Crippen LogP contribution in [0, 0.1) is 0 Å². The molecule has 2 unspecified atom stereocenters. The van der Waals surface area contributed by atoms with Gasteiger partial charge in [-0.25, -0.2) is 0 Å². The van der Waals surface area contributed by atoms with E-state index < -0.39 is 0 Å². The van der Waals surface area contributed by atoms with Gasteiger partial charge < -0.3 is 10.1 Å². The largest absolute Gasteiger partial charge is 0.378 e. The molecule has 13 heavy (non-hydrogen) atoms. The van der Waals surface area contributed by atoms with E-state index in [-0.39, 0.29) is 0 Å². The summed E-state index contributed by atoms with van der Waals surface area (Å²) in [6.45, 7) is 4.00. The zero-order valence-electron chi connectivity index (χ0n) is 7.95. The third-order valence-corrected chi connectivity index (χ3v) is 3.31. The molecule has 74 valence electrons. The number of nitrogens with one attached hydrogen (secondary N) is 1. The van der Waals surface area contributed by atoms with Crippen LogP contribution in [0.1, 0.15) is 19.8 Å². The second-order valence-corrected chi connectivity index (χ2v) is 4.67. The Kier molecular flexibility index (Phi) is 3.11. The number of hydrogen-bond acceptors (Lipinski definition) is 4. The second-order valence-electron chi connectivity index (χ2n) is 3.58. The topological polar surface area (TPSA) is 33.6 Å². The molecule has 2 heterocycles. The van der Waals surface area contributed by atoms with Gasteiger partial charge in [-0.05, 0) is 19.8 Å². The predicted octanol–water partition coefficient (Wildman–Crippen LogP) is 1.25. The Morgan fingerprint density at radius 2 is 2.54 bits per heavy atom. The van der Waals surface area contributed by atoms with E-state index in [4.69, 9.17) is 4.74 Å². The van der Waals surface area contributed by atoms with Crippen LogP contribution in [-0.2, 0) is 4.74 Å². The standard InChI is InChI=1S/C9H16N2OS/c1-7-6-8(2-4-12-7)11-9-10-3-5-13-9/h7-8H,2-6H2,1H3,(H,10,11). The highest BCUT2D eigenvalue weighted by molar-refractivity contribution is 8.14. The molecule has 0 saturated carbocycles. The van der Waals surface area contributed by atoms with Gasteiger partial charge in [0.15, 0.2) is 5.17 Å². The lowest BCUT2D eigenvalue weighted by Gasteiger charge is -2.28. The predicted molar refractivity (Wildman–Crippen MR) is 56.3 cm³/mol. The number of aliphatic imine (C=N–C) groups is 1. The Bertz CT molecular complexity index is 208. The highest BCUT2D eigenvalue weighted by atomic mass is 32.2. The minimum atomic E-state index is 0.401. The Labute approximate surface area is 83.3 Å². The summed E-state index contributed by atoms with van der Waals surface area (Å²) in [6.07, 6.45) is 2.63. The fraction of sp³-hybridized carbons (Fsp3) is 0.889. The molecule has 1 saturated heterocycles. The molecule has 2 atom stereocenters. The molecule has 2 aliphatic rings. The maximum Gasteiger partial charge on any atom is 0.156 e. The van der Waals surface area contributed by atoms with Crippen LogP contribution < -0.4 is 5.32 Å². The van der Waals surface area contributed by atoms with Gasteiger partial charge in [-0.2, -0.15) is 0 Å². The maximum absolute atomic E-state index is 5.49. The summed E-state index contributed by atoms with van der Waals surface area (Å²) in [5.74, 6) is 1.14. The Morgan fingerprint density at radius 1 is 1.62 bits per heavy atom. The second kappa shape index (κ2) is 4.33. The van der Waals surface area contributed by atoms with Crippen LogP contribution in [0.3, 0.4) is 0 Å². The van der Waals surface area contributed by atoms with Crippen molar-refractivity contribution in [2.75, 3.05) is 18.9 Å². The van der Waals surface area contributed by atoms with Gasteiger partial charge in [-0.15, -0.1) is 0 Å². The summed E-state index contributed by atoms with van der Waals surface area (Å²) in [4.78, 5) is 4.38. The van der Waals surface area contributed by atoms with Crippen molar-refractivity contribution in [1.29, 1.82) is 0 Å². The first-order chi connectivity index (χ1) is 6.34. The first-order valence-electron chi connectivity index (χ1n) is 4.90. The van der Waals surface area contributed by atoms with E-state index in [1.165, 1.54) is 0 Å². The molecule has 1 fully saturated rings. The number of amidine groups is 1. The molecule has 0 aromatic heterocycles. The number of rotatable bonds is 1. The van der Waals surface area contributed by atoms with Crippen LogP contribution in [0.25, 0.3) is 0 Å². The van der Waals surface area contributed by atoms with E-state index in [2.05, 4.69) is 17.2 Å². The molecule has 0 bridgehead atoms. The molecule has 0 aromatic carbocycles. The molecular weight excluding hydrogens is 184 g/mol. The highest BCUT2D eigenvalue weighted by Gasteiger charge is 2.20. The summed E-state index contributed by atoms with van der Waals surface area (Å²) in [7, 11) is 0. The SMILES string of the molecule is CC1CC(NC2=NCCS2)CCO1. The first kappa shape index (κ1) is 9.34. The number of nitrogens with zero attached hydrogens (tertiary/aromatic N) is 1. The molecule has 0 spiro atoms. The van der Waals surface area contributed by atoms with E-state index in [1.54, 1.807) is 0 Å². The van der Waals surface area contributed by atoms with E-state index in [9.17, 15) is 0 Å². The molecule has 1 N–H and O–H groups in total. The molecule has 3 nitrogen and oxygen atoms in total. The normalized spacial score (nSPS) is 34.4. The van der Waals surface area contributed by atoms with Gasteiger partial charge in [-0.1, -0.05) is 11.8 Å². The maximum atomic E-state index is 5.49. The van der Waals surface area contributed by atoms with Gasteiger partial charge in [0.1, 0.15) is 0 Å². The van der Waals surface area contributed by atoms with E-state index >= 15 is 0 Å². The van der Waals surface area contributed by atoms with Crippen molar-refractivity contribution >= 4 is 16.9 Å². The van der Waals surface area contributed by atoms with Crippen molar-refractivity contribution in [3.8, 4) is 0 Å². The average molecular weight is 200 g/mol. The number of ether oxygens (including phenoxy) is 1. The van der Waals surface area contributed by atoms with Gasteiger partial charge in [0, 0.05) is 18.4 Å². The fourth-order valence-electron chi connectivity index (χ4n) is 1.73. The van der Waals surface area contributed by atoms with Crippen molar-refractivity contribution in [3.05, 3.63) is 0 Å². The van der Waals surface area contributed by atoms with E-state index in [0.717, 1.165) is 36.9 Å². The summed E-state index contributed by atoms with van der Waals surface area (Å²) in [6, 6.07) is 0.577. The summed E-state index contributed by atoms with van der Waals surface area (Å²) in [5, 5.41) is 4.62.